The van der Waals surface area contributed by atoms with E-state index in [4.69, 9.17) is 29.6 Å². The first-order valence-electron chi connectivity index (χ1n) is 4.86. The Morgan fingerprint density at radius 3 is 2.81 bits per heavy atom. The topological polar surface area (TPSA) is 46.3 Å². The molecular formula is C10H13ClN2OS2. The maximum Gasteiger partial charge on any atom is 0.265 e. The Morgan fingerprint density at radius 2 is 2.38 bits per heavy atom. The van der Waals surface area contributed by atoms with Crippen molar-refractivity contribution in [1.82, 2.24) is 4.90 Å². The minimum atomic E-state index is -0.102. The first-order chi connectivity index (χ1) is 7.56. The Kier molecular flexibility index (Phi) is 5.18. The summed E-state index contributed by atoms with van der Waals surface area (Å²) in [4.78, 5) is 14.6. The van der Waals surface area contributed by atoms with Gasteiger partial charge in [0, 0.05) is 6.54 Å². The number of halogens is 1. The average Bonchev–Trinajstić information content (AvgIpc) is 2.62. The smallest absolute Gasteiger partial charge is 0.265 e. The molecule has 1 aromatic heterocycles. The average molecular weight is 277 g/mol. The molecule has 0 radical (unpaired) electrons. The van der Waals surface area contributed by atoms with Crippen LogP contribution in [0.15, 0.2) is 11.4 Å². The number of hydrogen-bond acceptors (Lipinski definition) is 3. The lowest BCUT2D eigenvalue weighted by Gasteiger charge is -2.20. The third kappa shape index (κ3) is 3.43. The summed E-state index contributed by atoms with van der Waals surface area (Å²) in [5.74, 6) is -0.102. The highest BCUT2D eigenvalue weighted by atomic mass is 35.5. The molecule has 1 rings (SSSR count). The van der Waals surface area contributed by atoms with Gasteiger partial charge in [0.2, 0.25) is 0 Å². The van der Waals surface area contributed by atoms with Gasteiger partial charge in [0.05, 0.1) is 16.6 Å². The van der Waals surface area contributed by atoms with Crippen LogP contribution in [-0.2, 0) is 0 Å². The van der Waals surface area contributed by atoms with E-state index in [1.54, 1.807) is 16.3 Å². The second-order valence-electron chi connectivity index (χ2n) is 3.29. The first kappa shape index (κ1) is 13.4. The molecule has 0 aliphatic heterocycles. The fraction of sp³-hybridized carbons (Fsp3) is 0.400. The molecule has 0 bridgehead atoms. The van der Waals surface area contributed by atoms with Crippen LogP contribution in [0.3, 0.4) is 0 Å². The molecule has 0 unspecified atom stereocenters. The van der Waals surface area contributed by atoms with Crippen molar-refractivity contribution in [3.63, 3.8) is 0 Å². The van der Waals surface area contributed by atoms with E-state index < -0.39 is 0 Å². The zero-order valence-corrected chi connectivity index (χ0v) is 11.3. The van der Waals surface area contributed by atoms with Crippen molar-refractivity contribution in [2.45, 2.75) is 13.3 Å². The van der Waals surface area contributed by atoms with Crippen LogP contribution in [0, 0.1) is 0 Å². The van der Waals surface area contributed by atoms with Crippen molar-refractivity contribution in [2.24, 2.45) is 5.73 Å². The first-order valence-corrected chi connectivity index (χ1v) is 6.53. The number of thiophene rings is 1. The lowest BCUT2D eigenvalue weighted by atomic mass is 10.3. The number of rotatable bonds is 5. The Balaban J connectivity index is 2.82. The third-order valence-electron chi connectivity index (χ3n) is 1.94. The van der Waals surface area contributed by atoms with E-state index in [0.717, 1.165) is 6.42 Å². The Morgan fingerprint density at radius 1 is 1.69 bits per heavy atom. The molecule has 0 saturated carbocycles. The van der Waals surface area contributed by atoms with Crippen LogP contribution < -0.4 is 5.73 Å². The molecule has 6 heteroatoms. The monoisotopic (exact) mass is 276 g/mol. The molecule has 1 aromatic rings. The van der Waals surface area contributed by atoms with Crippen molar-refractivity contribution in [2.75, 3.05) is 13.1 Å². The van der Waals surface area contributed by atoms with Gasteiger partial charge >= 0.3 is 0 Å². The number of carbonyl (C=O) groups excluding carboxylic acids is 1. The highest BCUT2D eigenvalue weighted by Crippen LogP contribution is 2.23. The normalized spacial score (nSPS) is 10.1. The van der Waals surface area contributed by atoms with Crippen molar-refractivity contribution in [3.8, 4) is 0 Å². The van der Waals surface area contributed by atoms with Gasteiger partial charge in [-0.15, -0.1) is 11.3 Å². The quantitative estimate of drug-likeness (QED) is 0.841. The van der Waals surface area contributed by atoms with Gasteiger partial charge in [-0.25, -0.2) is 0 Å². The summed E-state index contributed by atoms with van der Waals surface area (Å²) >= 11 is 12.1. The molecule has 2 N–H and O–H groups in total. The Bertz CT molecular complexity index is 392. The van der Waals surface area contributed by atoms with E-state index in [1.807, 2.05) is 6.92 Å². The van der Waals surface area contributed by atoms with E-state index in [-0.39, 0.29) is 5.91 Å². The van der Waals surface area contributed by atoms with E-state index >= 15 is 0 Å². The molecule has 1 heterocycles. The number of thiocarbonyl (C=S) groups is 1. The largest absolute Gasteiger partial charge is 0.392 e. The summed E-state index contributed by atoms with van der Waals surface area (Å²) in [6.45, 7) is 2.93. The fourth-order valence-electron chi connectivity index (χ4n) is 1.30. The molecule has 0 aliphatic rings. The summed E-state index contributed by atoms with van der Waals surface area (Å²) in [6.07, 6.45) is 0.858. The van der Waals surface area contributed by atoms with E-state index in [0.29, 0.717) is 28.0 Å². The minimum absolute atomic E-state index is 0.102. The van der Waals surface area contributed by atoms with Crippen molar-refractivity contribution in [1.29, 1.82) is 0 Å². The van der Waals surface area contributed by atoms with E-state index in [2.05, 4.69) is 0 Å². The molecule has 0 saturated heterocycles. The van der Waals surface area contributed by atoms with E-state index in [1.165, 1.54) is 11.3 Å². The van der Waals surface area contributed by atoms with Gasteiger partial charge in [0.15, 0.2) is 0 Å². The molecule has 1 amide bonds. The lowest BCUT2D eigenvalue weighted by molar-refractivity contribution is 0.0785. The molecule has 0 fully saturated rings. The second kappa shape index (κ2) is 6.18. The second-order valence-corrected chi connectivity index (χ2v) is 5.14. The van der Waals surface area contributed by atoms with Gasteiger partial charge in [-0.2, -0.15) is 0 Å². The molecule has 0 spiro atoms. The number of amides is 1. The maximum atomic E-state index is 12.1. The third-order valence-corrected chi connectivity index (χ3v) is 3.40. The summed E-state index contributed by atoms with van der Waals surface area (Å²) in [7, 11) is 0. The zero-order chi connectivity index (χ0) is 12.1. The fourth-order valence-corrected chi connectivity index (χ4v) is 2.56. The molecular weight excluding hydrogens is 264 g/mol. The number of nitrogens with zero attached hydrogens (tertiary/aromatic N) is 1. The van der Waals surface area contributed by atoms with Gasteiger partial charge < -0.3 is 10.6 Å². The Hall–Kier alpha value is -0.650. The standard InChI is InChI=1S/C10H13ClN2OS2/c1-2-4-13(6-8(12)15)10(14)9-7(11)3-5-16-9/h3,5H,2,4,6H2,1H3,(H2,12,15). The van der Waals surface area contributed by atoms with Crippen molar-refractivity contribution >= 4 is 46.1 Å². The molecule has 0 atom stereocenters. The van der Waals surface area contributed by atoms with Crippen LogP contribution in [0.5, 0.6) is 0 Å². The summed E-state index contributed by atoms with van der Waals surface area (Å²) < 4.78 is 0. The summed E-state index contributed by atoms with van der Waals surface area (Å²) in [5, 5.41) is 2.28. The molecule has 16 heavy (non-hydrogen) atoms. The van der Waals surface area contributed by atoms with Gasteiger partial charge in [-0.05, 0) is 17.9 Å². The van der Waals surface area contributed by atoms with E-state index in [9.17, 15) is 4.79 Å². The molecule has 3 nitrogen and oxygen atoms in total. The van der Waals surface area contributed by atoms with Crippen LogP contribution in [-0.4, -0.2) is 28.9 Å². The highest BCUT2D eigenvalue weighted by molar-refractivity contribution is 7.80. The van der Waals surface area contributed by atoms with Crippen molar-refractivity contribution in [3.05, 3.63) is 21.3 Å². The summed E-state index contributed by atoms with van der Waals surface area (Å²) in [6, 6.07) is 1.71. The molecule has 0 aliphatic carbocycles. The molecule has 0 aromatic carbocycles. The predicted molar refractivity (Wildman–Crippen MR) is 72.3 cm³/mol. The van der Waals surface area contributed by atoms with Crippen LogP contribution >= 0.6 is 35.2 Å². The van der Waals surface area contributed by atoms with Gasteiger partial charge in [0.25, 0.3) is 5.91 Å². The SMILES string of the molecule is CCCN(CC(N)=S)C(=O)c1sccc1Cl. The molecule has 88 valence electrons. The van der Waals surface area contributed by atoms with Crippen LogP contribution in [0.4, 0.5) is 0 Å². The number of hydrogen-bond donors (Lipinski definition) is 1. The predicted octanol–water partition coefficient (Wildman–Crippen LogP) is 2.54. The number of nitrogens with two attached hydrogens (primary N) is 1. The minimum Gasteiger partial charge on any atom is -0.392 e. The van der Waals surface area contributed by atoms with Crippen LogP contribution in [0.2, 0.25) is 5.02 Å². The highest BCUT2D eigenvalue weighted by Gasteiger charge is 2.19. The summed E-state index contributed by atoms with van der Waals surface area (Å²) in [5.41, 5.74) is 5.46. The number of carbonyl (C=O) groups is 1. The maximum absolute atomic E-state index is 12.1. The lowest BCUT2D eigenvalue weighted by Crippen LogP contribution is -2.38. The van der Waals surface area contributed by atoms with Crippen molar-refractivity contribution < 1.29 is 4.79 Å². The van der Waals surface area contributed by atoms with Crippen LogP contribution in [0.1, 0.15) is 23.0 Å². The zero-order valence-electron chi connectivity index (χ0n) is 8.90. The Labute approximate surface area is 109 Å². The van der Waals surface area contributed by atoms with Gasteiger partial charge in [-0.1, -0.05) is 30.7 Å². The van der Waals surface area contributed by atoms with Crippen LogP contribution in [0.25, 0.3) is 0 Å². The van der Waals surface area contributed by atoms with Gasteiger partial charge in [-0.3, -0.25) is 4.79 Å². The van der Waals surface area contributed by atoms with Gasteiger partial charge in [0.1, 0.15) is 4.88 Å².